The lowest BCUT2D eigenvalue weighted by Gasteiger charge is -2.47. The van der Waals surface area contributed by atoms with Crippen LogP contribution in [0.15, 0.2) is 42.5 Å². The highest BCUT2D eigenvalue weighted by molar-refractivity contribution is 7.81. The van der Waals surface area contributed by atoms with Gasteiger partial charge in [-0.3, -0.25) is 9.69 Å². The van der Waals surface area contributed by atoms with Gasteiger partial charge in [-0.2, -0.15) is 12.6 Å². The first-order valence-corrected chi connectivity index (χ1v) is 11.1. The van der Waals surface area contributed by atoms with Gasteiger partial charge in [0, 0.05) is 56.8 Å². The first-order valence-electron chi connectivity index (χ1n) is 10.5. The molecule has 0 aromatic heterocycles. The molecule has 2 aliphatic heterocycles. The Morgan fingerprint density at radius 3 is 2.86 bits per heavy atom. The van der Waals surface area contributed by atoms with Gasteiger partial charge < -0.3 is 15.4 Å². The molecule has 2 heterocycles. The van der Waals surface area contributed by atoms with Gasteiger partial charge in [0.05, 0.1) is 5.54 Å². The quantitative estimate of drug-likeness (QED) is 0.481. The second-order valence-electron chi connectivity index (χ2n) is 8.17. The maximum Gasteiger partial charge on any atom is 0.185 e. The third-order valence-electron chi connectivity index (χ3n) is 6.49. The highest BCUT2D eigenvalue weighted by Gasteiger charge is 2.47. The van der Waals surface area contributed by atoms with Gasteiger partial charge in [-0.25, -0.2) is 0 Å². The lowest BCUT2D eigenvalue weighted by Crippen LogP contribution is -2.67. The molecule has 0 unspecified atom stereocenters. The van der Waals surface area contributed by atoms with E-state index in [4.69, 9.17) is 17.4 Å². The van der Waals surface area contributed by atoms with Crippen molar-refractivity contribution in [3.8, 4) is 0 Å². The molecule has 3 atom stereocenters. The van der Waals surface area contributed by atoms with Gasteiger partial charge in [0.25, 0.3) is 0 Å². The molecule has 0 amide bonds. The van der Waals surface area contributed by atoms with E-state index >= 15 is 0 Å². The maximum atomic E-state index is 14.1. The van der Waals surface area contributed by atoms with Gasteiger partial charge in [-0.1, -0.05) is 42.5 Å². The molecular formula is C23H31N3O2S. The summed E-state index contributed by atoms with van der Waals surface area (Å²) < 4.78 is 5.45. The summed E-state index contributed by atoms with van der Waals surface area (Å²) in [6.45, 7) is 4.75. The number of carbonyl (C=O) groups excluding carboxylic acids is 1. The summed E-state index contributed by atoms with van der Waals surface area (Å²) in [6.07, 6.45) is 1.74. The number of hydrogen-bond acceptors (Lipinski definition) is 6. The molecule has 2 aromatic rings. The number of nitrogens with one attached hydrogen (secondary N) is 2. The molecule has 2 saturated heterocycles. The Balaban J connectivity index is 1.72. The summed E-state index contributed by atoms with van der Waals surface area (Å²) in [5.41, 5.74) is 0.186. The number of thiol groups is 1. The molecule has 0 spiro atoms. The van der Waals surface area contributed by atoms with Gasteiger partial charge >= 0.3 is 0 Å². The van der Waals surface area contributed by atoms with Crippen molar-refractivity contribution >= 4 is 29.2 Å². The third kappa shape index (κ3) is 4.09. The van der Waals surface area contributed by atoms with Crippen LogP contribution in [0.1, 0.15) is 23.2 Å². The highest BCUT2D eigenvalue weighted by atomic mass is 32.1. The van der Waals surface area contributed by atoms with Crippen LogP contribution in [0.2, 0.25) is 0 Å². The van der Waals surface area contributed by atoms with Crippen molar-refractivity contribution in [2.45, 2.75) is 29.7 Å². The predicted octanol–water partition coefficient (Wildman–Crippen LogP) is 2.36. The van der Waals surface area contributed by atoms with Gasteiger partial charge in [0.2, 0.25) is 0 Å². The number of hydrogen-bond donors (Lipinski definition) is 3. The zero-order valence-corrected chi connectivity index (χ0v) is 18.0. The Kier molecular flexibility index (Phi) is 6.56. The van der Waals surface area contributed by atoms with E-state index in [1.165, 1.54) is 0 Å². The van der Waals surface area contributed by atoms with Crippen LogP contribution in [-0.4, -0.2) is 74.0 Å². The van der Waals surface area contributed by atoms with Gasteiger partial charge in [0.1, 0.15) is 0 Å². The van der Waals surface area contributed by atoms with Crippen molar-refractivity contribution in [2.75, 3.05) is 46.4 Å². The minimum absolute atomic E-state index is 0.187. The molecule has 156 valence electrons. The van der Waals surface area contributed by atoms with E-state index in [9.17, 15) is 4.79 Å². The molecule has 4 rings (SSSR count). The lowest BCUT2D eigenvalue weighted by atomic mass is 9.81. The molecule has 0 aliphatic carbocycles. The van der Waals surface area contributed by atoms with Crippen molar-refractivity contribution < 1.29 is 9.53 Å². The number of rotatable bonds is 7. The Hall–Kier alpha value is -1.44. The number of ketones is 1. The van der Waals surface area contributed by atoms with Gasteiger partial charge in [-0.15, -0.1) is 0 Å². The summed E-state index contributed by atoms with van der Waals surface area (Å²) in [6, 6.07) is 14.5. The highest BCUT2D eigenvalue weighted by Crippen LogP contribution is 2.31. The smallest absolute Gasteiger partial charge is 0.185 e. The fourth-order valence-corrected chi connectivity index (χ4v) is 5.14. The first kappa shape index (κ1) is 20.8. The van der Waals surface area contributed by atoms with Crippen molar-refractivity contribution in [3.63, 3.8) is 0 Å². The Morgan fingerprint density at radius 1 is 1.24 bits per heavy atom. The fraction of sp³-hybridized carbons (Fsp3) is 0.522. The fourth-order valence-electron chi connectivity index (χ4n) is 4.81. The molecule has 6 heteroatoms. The first-order chi connectivity index (χ1) is 14.2. The summed E-state index contributed by atoms with van der Waals surface area (Å²) in [4.78, 5) is 16.5. The number of benzene rings is 2. The Bertz CT molecular complexity index is 856. The van der Waals surface area contributed by atoms with Crippen molar-refractivity contribution in [1.29, 1.82) is 0 Å². The van der Waals surface area contributed by atoms with E-state index in [2.05, 4.69) is 33.7 Å². The largest absolute Gasteiger partial charge is 0.385 e. The molecule has 0 bridgehead atoms. The van der Waals surface area contributed by atoms with E-state index in [0.717, 1.165) is 48.9 Å². The van der Waals surface area contributed by atoms with E-state index < -0.39 is 5.54 Å². The van der Waals surface area contributed by atoms with Gasteiger partial charge in [-0.05, 0) is 30.2 Å². The molecule has 2 aromatic carbocycles. The van der Waals surface area contributed by atoms with Gasteiger partial charge in [0.15, 0.2) is 5.78 Å². The number of methoxy groups -OCH3 is 1. The number of Topliss-reactive ketones (excluding diaryl/α,β-unsaturated/α-hetero) is 1. The summed E-state index contributed by atoms with van der Waals surface area (Å²) in [5.74, 6) is 0.187. The van der Waals surface area contributed by atoms with Crippen molar-refractivity contribution in [1.82, 2.24) is 15.5 Å². The van der Waals surface area contributed by atoms with Crippen LogP contribution in [0, 0.1) is 0 Å². The molecule has 2 N–H and O–H groups in total. The minimum Gasteiger partial charge on any atom is -0.385 e. The Morgan fingerprint density at radius 2 is 2.07 bits per heavy atom. The summed E-state index contributed by atoms with van der Waals surface area (Å²) in [7, 11) is 1.71. The molecule has 29 heavy (non-hydrogen) atoms. The predicted molar refractivity (Wildman–Crippen MR) is 121 cm³/mol. The van der Waals surface area contributed by atoms with Crippen LogP contribution in [0.4, 0.5) is 0 Å². The van der Waals surface area contributed by atoms with E-state index in [1.807, 2.05) is 24.3 Å². The molecular weight excluding hydrogens is 382 g/mol. The average molecular weight is 414 g/mol. The van der Waals surface area contributed by atoms with Crippen molar-refractivity contribution in [3.05, 3.63) is 48.0 Å². The summed E-state index contributed by atoms with van der Waals surface area (Å²) >= 11 is 4.77. The van der Waals surface area contributed by atoms with E-state index in [1.54, 1.807) is 7.11 Å². The number of carbonyl (C=O) groups is 1. The molecule has 2 fully saturated rings. The van der Waals surface area contributed by atoms with Crippen molar-refractivity contribution in [2.24, 2.45) is 0 Å². The van der Waals surface area contributed by atoms with Crippen LogP contribution < -0.4 is 10.6 Å². The molecule has 2 aliphatic rings. The number of fused-ring (bicyclic) bond motifs is 1. The normalized spacial score (nSPS) is 28.1. The zero-order chi connectivity index (χ0) is 20.3. The number of ether oxygens (including phenoxy) is 1. The SMILES string of the molecule is COCC[C@@]1(C(=O)c2cccc3ccccc23)CNCCN1C[C@H]1NCC[C@H]1S. The number of nitrogens with zero attached hydrogens (tertiary/aromatic N) is 1. The topological polar surface area (TPSA) is 53.6 Å². The Labute approximate surface area is 178 Å². The van der Waals surface area contributed by atoms with Crippen LogP contribution in [0.3, 0.4) is 0 Å². The molecule has 0 radical (unpaired) electrons. The van der Waals surface area contributed by atoms with E-state index in [0.29, 0.717) is 30.9 Å². The standard InChI is InChI=1S/C23H31N3O2S/c1-28-14-10-23(16-24-12-13-26(23)15-20-21(29)9-11-25-20)22(27)19-8-4-6-17-5-2-3-7-18(17)19/h2-8,20-21,24-25,29H,9-16H2,1H3/t20-,21-,23+/m1/s1. The minimum atomic E-state index is -0.615. The molecule has 0 saturated carbocycles. The lowest BCUT2D eigenvalue weighted by molar-refractivity contribution is 0.0237. The van der Waals surface area contributed by atoms with Crippen LogP contribution in [0.25, 0.3) is 10.8 Å². The maximum absolute atomic E-state index is 14.1. The second kappa shape index (κ2) is 9.14. The third-order valence-corrected chi connectivity index (χ3v) is 7.10. The summed E-state index contributed by atoms with van der Waals surface area (Å²) in [5, 5.41) is 9.52. The van der Waals surface area contributed by atoms with Crippen LogP contribution in [-0.2, 0) is 4.74 Å². The van der Waals surface area contributed by atoms with E-state index in [-0.39, 0.29) is 5.78 Å². The monoisotopic (exact) mass is 413 g/mol. The van der Waals surface area contributed by atoms with Crippen LogP contribution in [0.5, 0.6) is 0 Å². The van der Waals surface area contributed by atoms with Crippen LogP contribution >= 0.6 is 12.6 Å². The zero-order valence-electron chi connectivity index (χ0n) is 17.1. The molecule has 5 nitrogen and oxygen atoms in total. The second-order valence-corrected chi connectivity index (χ2v) is 8.83. The number of piperazine rings is 1. The average Bonchev–Trinajstić information content (AvgIpc) is 3.16.